The molecule has 6 heteroatoms. The van der Waals surface area contributed by atoms with Crippen LogP contribution in [0.1, 0.15) is 24.6 Å². The molecule has 0 N–H and O–H groups in total. The second kappa shape index (κ2) is 6.96. The van der Waals surface area contributed by atoms with Crippen molar-refractivity contribution in [3.63, 3.8) is 0 Å². The van der Waals surface area contributed by atoms with E-state index >= 15 is 0 Å². The van der Waals surface area contributed by atoms with Crippen LogP contribution in [0, 0.1) is 5.82 Å². The summed E-state index contributed by atoms with van der Waals surface area (Å²) in [7, 11) is 0. The van der Waals surface area contributed by atoms with Gasteiger partial charge in [-0.3, -0.25) is 0 Å². The Balaban J connectivity index is 1.54. The van der Waals surface area contributed by atoms with Crippen molar-refractivity contribution in [3.05, 3.63) is 48.6 Å². The van der Waals surface area contributed by atoms with Gasteiger partial charge in [0.25, 0.3) is 0 Å². The highest BCUT2D eigenvalue weighted by molar-refractivity contribution is 7.99. The van der Waals surface area contributed by atoms with Crippen LogP contribution in [0.5, 0.6) is 5.75 Å². The van der Waals surface area contributed by atoms with E-state index in [1.807, 2.05) is 6.08 Å². The first-order valence-corrected chi connectivity index (χ1v) is 8.31. The fraction of sp³-hybridized carbons (Fsp3) is 0.375. The fourth-order valence-corrected chi connectivity index (χ4v) is 2.97. The lowest BCUT2D eigenvalue weighted by Gasteiger charge is -2.08. The van der Waals surface area contributed by atoms with Gasteiger partial charge in [-0.2, -0.15) is 0 Å². The molecule has 1 saturated carbocycles. The molecule has 0 saturated heterocycles. The van der Waals surface area contributed by atoms with Gasteiger partial charge in [0.1, 0.15) is 17.4 Å². The highest BCUT2D eigenvalue weighted by Gasteiger charge is 2.30. The number of allylic oxidation sites excluding steroid dienone is 1. The number of aromatic nitrogens is 3. The molecule has 3 rings (SSSR count). The van der Waals surface area contributed by atoms with Crippen LogP contribution in [0.25, 0.3) is 0 Å². The van der Waals surface area contributed by atoms with E-state index in [2.05, 4.69) is 21.3 Å². The van der Waals surface area contributed by atoms with Crippen LogP contribution >= 0.6 is 11.8 Å². The van der Waals surface area contributed by atoms with Gasteiger partial charge >= 0.3 is 0 Å². The Kier molecular flexibility index (Phi) is 4.77. The van der Waals surface area contributed by atoms with Crippen molar-refractivity contribution in [2.45, 2.75) is 30.5 Å². The molecule has 22 heavy (non-hydrogen) atoms. The predicted octanol–water partition coefficient (Wildman–Crippen LogP) is 3.65. The standard InChI is InChI=1S/C16H18FN3OS/c1-2-8-20-15(12-6-7-12)18-19-16(20)22-10-9-21-14-5-3-4-13(17)11-14/h2-5,11-12H,1,6-10H2. The van der Waals surface area contributed by atoms with Gasteiger partial charge in [0.2, 0.25) is 0 Å². The van der Waals surface area contributed by atoms with Crippen molar-refractivity contribution >= 4 is 11.8 Å². The van der Waals surface area contributed by atoms with E-state index in [-0.39, 0.29) is 5.82 Å². The van der Waals surface area contributed by atoms with Gasteiger partial charge in [-0.15, -0.1) is 16.8 Å². The van der Waals surface area contributed by atoms with E-state index < -0.39 is 0 Å². The number of thioether (sulfide) groups is 1. The van der Waals surface area contributed by atoms with Crippen molar-refractivity contribution in [3.8, 4) is 5.75 Å². The number of halogens is 1. The van der Waals surface area contributed by atoms with E-state index in [0.717, 1.165) is 23.3 Å². The number of rotatable bonds is 8. The van der Waals surface area contributed by atoms with Crippen LogP contribution in [-0.2, 0) is 6.54 Å². The maximum atomic E-state index is 13.0. The first-order chi connectivity index (χ1) is 10.8. The molecule has 0 unspecified atom stereocenters. The molecule has 1 heterocycles. The normalized spacial score (nSPS) is 14.0. The third-order valence-corrected chi connectivity index (χ3v) is 4.31. The molecule has 0 atom stereocenters. The lowest BCUT2D eigenvalue weighted by atomic mass is 10.3. The third kappa shape index (κ3) is 3.68. The minimum absolute atomic E-state index is 0.287. The molecule has 1 aliphatic carbocycles. The maximum absolute atomic E-state index is 13.0. The zero-order valence-electron chi connectivity index (χ0n) is 12.2. The largest absolute Gasteiger partial charge is 0.493 e. The summed E-state index contributed by atoms with van der Waals surface area (Å²) in [5, 5.41) is 9.46. The van der Waals surface area contributed by atoms with Crippen LogP contribution in [0.3, 0.4) is 0 Å². The first kappa shape index (κ1) is 15.1. The molecule has 0 amide bonds. The molecule has 0 radical (unpaired) electrons. The number of ether oxygens (including phenoxy) is 1. The molecule has 1 aromatic heterocycles. The molecule has 0 aliphatic heterocycles. The van der Waals surface area contributed by atoms with Crippen LogP contribution in [0.4, 0.5) is 4.39 Å². The molecular weight excluding hydrogens is 301 g/mol. The Morgan fingerprint density at radius 1 is 1.41 bits per heavy atom. The maximum Gasteiger partial charge on any atom is 0.191 e. The molecule has 1 aromatic carbocycles. The second-order valence-corrected chi connectivity index (χ2v) is 6.23. The Bertz CT molecular complexity index is 655. The lowest BCUT2D eigenvalue weighted by Crippen LogP contribution is -2.05. The quantitative estimate of drug-likeness (QED) is 0.423. The van der Waals surface area contributed by atoms with E-state index in [1.165, 1.54) is 25.0 Å². The van der Waals surface area contributed by atoms with Crippen molar-refractivity contribution in [2.24, 2.45) is 0 Å². The monoisotopic (exact) mass is 319 g/mol. The van der Waals surface area contributed by atoms with Crippen LogP contribution in [0.2, 0.25) is 0 Å². The summed E-state index contributed by atoms with van der Waals surface area (Å²) in [6.45, 7) is 5.02. The fourth-order valence-electron chi connectivity index (χ4n) is 2.20. The molecule has 116 valence electrons. The molecule has 4 nitrogen and oxygen atoms in total. The SMILES string of the molecule is C=CCn1c(SCCOc2cccc(F)c2)nnc1C1CC1. The number of benzene rings is 1. The smallest absolute Gasteiger partial charge is 0.191 e. The summed E-state index contributed by atoms with van der Waals surface area (Å²) >= 11 is 1.60. The van der Waals surface area contributed by atoms with Crippen molar-refractivity contribution in [2.75, 3.05) is 12.4 Å². The van der Waals surface area contributed by atoms with Gasteiger partial charge in [-0.1, -0.05) is 23.9 Å². The summed E-state index contributed by atoms with van der Waals surface area (Å²) < 4.78 is 20.7. The Morgan fingerprint density at radius 2 is 2.27 bits per heavy atom. The zero-order valence-corrected chi connectivity index (χ0v) is 13.1. The van der Waals surface area contributed by atoms with Crippen molar-refractivity contribution in [1.29, 1.82) is 0 Å². The summed E-state index contributed by atoms with van der Waals surface area (Å²) in [6, 6.07) is 6.18. The Morgan fingerprint density at radius 3 is 3.00 bits per heavy atom. The van der Waals surface area contributed by atoms with Gasteiger partial charge in [-0.05, 0) is 25.0 Å². The van der Waals surface area contributed by atoms with Crippen molar-refractivity contribution < 1.29 is 9.13 Å². The van der Waals surface area contributed by atoms with Gasteiger partial charge in [-0.25, -0.2) is 4.39 Å². The Hall–Kier alpha value is -1.82. The summed E-state index contributed by atoms with van der Waals surface area (Å²) in [5.74, 6) is 2.62. The average molecular weight is 319 g/mol. The number of hydrogen-bond acceptors (Lipinski definition) is 4. The molecular formula is C16H18FN3OS. The highest BCUT2D eigenvalue weighted by atomic mass is 32.2. The van der Waals surface area contributed by atoms with Gasteiger partial charge in [0.15, 0.2) is 5.16 Å². The van der Waals surface area contributed by atoms with Crippen LogP contribution < -0.4 is 4.74 Å². The first-order valence-electron chi connectivity index (χ1n) is 7.33. The molecule has 2 aromatic rings. The zero-order chi connectivity index (χ0) is 15.4. The third-order valence-electron chi connectivity index (χ3n) is 3.38. The molecule has 0 bridgehead atoms. The topological polar surface area (TPSA) is 39.9 Å². The summed E-state index contributed by atoms with van der Waals surface area (Å²) in [6.07, 6.45) is 4.26. The molecule has 1 fully saturated rings. The minimum atomic E-state index is -0.287. The van der Waals surface area contributed by atoms with E-state index in [4.69, 9.17) is 4.74 Å². The predicted molar refractivity (Wildman–Crippen MR) is 84.8 cm³/mol. The van der Waals surface area contributed by atoms with Gasteiger partial charge in [0.05, 0.1) is 6.61 Å². The number of hydrogen-bond donors (Lipinski definition) is 0. The average Bonchev–Trinajstić information content (AvgIpc) is 3.27. The summed E-state index contributed by atoms with van der Waals surface area (Å²) in [5.41, 5.74) is 0. The van der Waals surface area contributed by atoms with Crippen molar-refractivity contribution in [1.82, 2.24) is 14.8 Å². The highest BCUT2D eigenvalue weighted by Crippen LogP contribution is 2.40. The van der Waals surface area contributed by atoms with Gasteiger partial charge in [0, 0.05) is 24.3 Å². The molecule has 0 spiro atoms. The van der Waals surface area contributed by atoms with Crippen LogP contribution in [0.15, 0.2) is 42.1 Å². The van der Waals surface area contributed by atoms with Crippen LogP contribution in [-0.4, -0.2) is 27.1 Å². The second-order valence-electron chi connectivity index (χ2n) is 5.17. The summed E-state index contributed by atoms with van der Waals surface area (Å²) in [4.78, 5) is 0. The van der Waals surface area contributed by atoms with E-state index in [9.17, 15) is 4.39 Å². The van der Waals surface area contributed by atoms with E-state index in [1.54, 1.807) is 23.9 Å². The van der Waals surface area contributed by atoms with E-state index in [0.29, 0.717) is 18.3 Å². The number of nitrogens with zero attached hydrogens (tertiary/aromatic N) is 3. The van der Waals surface area contributed by atoms with Gasteiger partial charge < -0.3 is 9.30 Å². The lowest BCUT2D eigenvalue weighted by molar-refractivity contribution is 0.342. The Labute approximate surface area is 133 Å². The minimum Gasteiger partial charge on any atom is -0.493 e. The molecule has 1 aliphatic rings.